The van der Waals surface area contributed by atoms with Gasteiger partial charge in [0, 0.05) is 17.1 Å². The summed E-state index contributed by atoms with van der Waals surface area (Å²) in [6.07, 6.45) is 0. The van der Waals surface area contributed by atoms with Gasteiger partial charge in [0.15, 0.2) is 4.34 Å². The Morgan fingerprint density at radius 2 is 1.64 bits per heavy atom. The molecule has 6 nitrogen and oxygen atoms in total. The van der Waals surface area contributed by atoms with Crippen LogP contribution < -0.4 is 16.0 Å². The summed E-state index contributed by atoms with van der Waals surface area (Å²) in [7, 11) is 0. The first kappa shape index (κ1) is 22.8. The molecule has 3 N–H and O–H groups in total. The maximum Gasteiger partial charge on any atom is 0.323 e. The highest BCUT2D eigenvalue weighted by Gasteiger charge is 2.11. The summed E-state index contributed by atoms with van der Waals surface area (Å²) >= 11 is 2.90. The zero-order chi connectivity index (χ0) is 23.4. The number of nitrogens with zero attached hydrogens (tertiary/aromatic N) is 1. The summed E-state index contributed by atoms with van der Waals surface area (Å²) in [5, 5.41) is 8.65. The van der Waals surface area contributed by atoms with E-state index in [4.69, 9.17) is 0 Å². The fraction of sp³-hybridized carbons (Fsp3) is 0.160. The van der Waals surface area contributed by atoms with E-state index in [2.05, 4.69) is 20.9 Å². The zero-order valence-electron chi connectivity index (χ0n) is 18.6. The minimum absolute atomic E-state index is 0.0682. The van der Waals surface area contributed by atoms with Crippen molar-refractivity contribution in [1.29, 1.82) is 0 Å². The van der Waals surface area contributed by atoms with Gasteiger partial charge in [0.1, 0.15) is 0 Å². The minimum atomic E-state index is -0.304. The van der Waals surface area contributed by atoms with Crippen molar-refractivity contribution in [1.82, 2.24) is 4.98 Å². The number of carbonyl (C=O) groups is 2. The van der Waals surface area contributed by atoms with Crippen molar-refractivity contribution in [2.45, 2.75) is 25.1 Å². The molecule has 4 rings (SSSR count). The third-order valence-electron chi connectivity index (χ3n) is 4.89. The van der Waals surface area contributed by atoms with E-state index in [1.807, 2.05) is 81.4 Å². The van der Waals surface area contributed by atoms with Crippen molar-refractivity contribution in [3.8, 4) is 0 Å². The number of hydrogen-bond donors (Lipinski definition) is 3. The van der Waals surface area contributed by atoms with Crippen LogP contribution in [0.3, 0.4) is 0 Å². The number of aryl methyl sites for hydroxylation is 3. The average Bonchev–Trinajstić information content (AvgIpc) is 3.16. The molecule has 0 saturated heterocycles. The van der Waals surface area contributed by atoms with Crippen LogP contribution in [-0.4, -0.2) is 22.7 Å². The third-order valence-corrected chi connectivity index (χ3v) is 7.05. The Morgan fingerprint density at radius 3 is 2.39 bits per heavy atom. The second-order valence-electron chi connectivity index (χ2n) is 7.77. The number of benzene rings is 3. The molecule has 4 aromatic rings. The van der Waals surface area contributed by atoms with Gasteiger partial charge in [-0.25, -0.2) is 9.78 Å². The van der Waals surface area contributed by atoms with E-state index in [9.17, 15) is 9.59 Å². The summed E-state index contributed by atoms with van der Waals surface area (Å²) in [6.45, 7) is 5.98. The largest absolute Gasteiger partial charge is 0.325 e. The second-order valence-corrected chi connectivity index (χ2v) is 10.0. The molecule has 3 aromatic carbocycles. The fourth-order valence-corrected chi connectivity index (χ4v) is 5.23. The molecule has 0 saturated carbocycles. The number of urea groups is 1. The van der Waals surface area contributed by atoms with Crippen LogP contribution in [0.1, 0.15) is 16.7 Å². The summed E-state index contributed by atoms with van der Waals surface area (Å²) in [6, 6.07) is 18.9. The van der Waals surface area contributed by atoms with Crippen LogP contribution in [0.4, 0.5) is 21.9 Å². The van der Waals surface area contributed by atoms with Gasteiger partial charge in [-0.05, 0) is 68.3 Å². The molecule has 1 heterocycles. The number of amides is 3. The Labute approximate surface area is 200 Å². The fourth-order valence-electron chi connectivity index (χ4n) is 3.33. The van der Waals surface area contributed by atoms with E-state index in [0.717, 1.165) is 42.6 Å². The van der Waals surface area contributed by atoms with Crippen molar-refractivity contribution in [3.63, 3.8) is 0 Å². The predicted octanol–water partition coefficient (Wildman–Crippen LogP) is 6.60. The molecule has 0 fully saturated rings. The molecule has 3 amide bonds. The van der Waals surface area contributed by atoms with Crippen LogP contribution in [0.15, 0.2) is 65.0 Å². The van der Waals surface area contributed by atoms with Gasteiger partial charge in [0.05, 0.1) is 16.0 Å². The number of rotatable bonds is 6. The summed E-state index contributed by atoms with van der Waals surface area (Å²) in [5.74, 6) is 0.207. The monoisotopic (exact) mass is 476 g/mol. The number of nitrogens with one attached hydrogen (secondary N) is 3. The lowest BCUT2D eigenvalue weighted by Crippen LogP contribution is -2.19. The molecular weight excluding hydrogens is 452 g/mol. The maximum absolute atomic E-state index is 12.4. The molecule has 0 aliphatic heterocycles. The first-order valence-corrected chi connectivity index (χ1v) is 12.2. The quantitative estimate of drug-likeness (QED) is 0.274. The number of fused-ring (bicyclic) bond motifs is 1. The molecule has 168 valence electrons. The standard InChI is InChI=1S/C25H24N4O2S2/c1-15-5-4-6-18(12-15)26-24(31)27-19-8-10-21-22(13-19)33-25(29-21)32-14-23(30)28-20-9-7-16(2)11-17(20)3/h4-13H,14H2,1-3H3,(H,28,30)(H2,26,27,31). The van der Waals surface area contributed by atoms with Crippen molar-refractivity contribution in [2.75, 3.05) is 21.7 Å². The first-order chi connectivity index (χ1) is 15.9. The average molecular weight is 477 g/mol. The van der Waals surface area contributed by atoms with Crippen LogP contribution in [0.5, 0.6) is 0 Å². The molecule has 0 aliphatic carbocycles. The van der Waals surface area contributed by atoms with Gasteiger partial charge in [-0.15, -0.1) is 11.3 Å². The molecule has 0 radical (unpaired) electrons. The predicted molar refractivity (Wildman–Crippen MR) is 139 cm³/mol. The highest BCUT2D eigenvalue weighted by atomic mass is 32.2. The lowest BCUT2D eigenvalue weighted by atomic mass is 10.1. The number of thioether (sulfide) groups is 1. The lowest BCUT2D eigenvalue weighted by Gasteiger charge is -2.08. The van der Waals surface area contributed by atoms with Crippen LogP contribution in [-0.2, 0) is 4.79 Å². The second kappa shape index (κ2) is 10.1. The Balaban J connectivity index is 1.35. The summed E-state index contributed by atoms with van der Waals surface area (Å²) < 4.78 is 1.75. The van der Waals surface area contributed by atoms with Gasteiger partial charge in [0.25, 0.3) is 0 Å². The van der Waals surface area contributed by atoms with E-state index < -0.39 is 0 Å². The summed E-state index contributed by atoms with van der Waals surface area (Å²) in [4.78, 5) is 29.3. The number of aromatic nitrogens is 1. The Kier molecular flexibility index (Phi) is 6.96. The van der Waals surface area contributed by atoms with Crippen LogP contribution in [0, 0.1) is 20.8 Å². The Morgan fingerprint density at radius 1 is 0.879 bits per heavy atom. The van der Waals surface area contributed by atoms with E-state index in [0.29, 0.717) is 5.69 Å². The molecular formula is C25H24N4O2S2. The lowest BCUT2D eigenvalue weighted by molar-refractivity contribution is -0.113. The van der Waals surface area contributed by atoms with Crippen LogP contribution in [0.2, 0.25) is 0 Å². The topological polar surface area (TPSA) is 83.1 Å². The molecule has 0 unspecified atom stereocenters. The molecule has 8 heteroatoms. The highest BCUT2D eigenvalue weighted by Crippen LogP contribution is 2.31. The van der Waals surface area contributed by atoms with Crippen molar-refractivity contribution in [2.24, 2.45) is 0 Å². The molecule has 0 aliphatic rings. The molecule has 1 aromatic heterocycles. The Hall–Kier alpha value is -3.36. The zero-order valence-corrected chi connectivity index (χ0v) is 20.2. The van der Waals surface area contributed by atoms with Crippen molar-refractivity contribution >= 4 is 62.3 Å². The van der Waals surface area contributed by atoms with Gasteiger partial charge < -0.3 is 16.0 Å². The minimum Gasteiger partial charge on any atom is -0.325 e. The van der Waals surface area contributed by atoms with Gasteiger partial charge in [-0.3, -0.25) is 4.79 Å². The number of hydrogen-bond acceptors (Lipinski definition) is 5. The molecule has 0 bridgehead atoms. The van der Waals surface area contributed by atoms with Crippen molar-refractivity contribution < 1.29 is 9.59 Å². The normalized spacial score (nSPS) is 10.8. The van der Waals surface area contributed by atoms with E-state index in [-0.39, 0.29) is 17.7 Å². The highest BCUT2D eigenvalue weighted by molar-refractivity contribution is 8.01. The smallest absolute Gasteiger partial charge is 0.323 e. The van der Waals surface area contributed by atoms with E-state index in [1.165, 1.54) is 23.1 Å². The number of carbonyl (C=O) groups excluding carboxylic acids is 2. The molecule has 0 atom stereocenters. The van der Waals surface area contributed by atoms with E-state index >= 15 is 0 Å². The van der Waals surface area contributed by atoms with Gasteiger partial charge in [0.2, 0.25) is 5.91 Å². The SMILES string of the molecule is Cc1cccc(NC(=O)Nc2ccc3nc(SCC(=O)Nc4ccc(C)cc4C)sc3c2)c1. The first-order valence-electron chi connectivity index (χ1n) is 10.4. The summed E-state index contributed by atoms with van der Waals surface area (Å²) in [5.41, 5.74) is 6.36. The van der Waals surface area contributed by atoms with Crippen LogP contribution >= 0.6 is 23.1 Å². The third kappa shape index (κ3) is 6.12. The van der Waals surface area contributed by atoms with Crippen molar-refractivity contribution in [3.05, 3.63) is 77.4 Å². The number of anilines is 3. The molecule has 0 spiro atoms. The van der Waals surface area contributed by atoms with Gasteiger partial charge in [-0.1, -0.05) is 41.6 Å². The van der Waals surface area contributed by atoms with Crippen LogP contribution in [0.25, 0.3) is 10.2 Å². The van der Waals surface area contributed by atoms with E-state index in [1.54, 1.807) is 0 Å². The number of thiazole rings is 1. The molecule has 33 heavy (non-hydrogen) atoms. The maximum atomic E-state index is 12.4. The Bertz CT molecular complexity index is 1330. The van der Waals surface area contributed by atoms with Gasteiger partial charge >= 0.3 is 6.03 Å². The van der Waals surface area contributed by atoms with Gasteiger partial charge in [-0.2, -0.15) is 0 Å².